The van der Waals surface area contributed by atoms with Crippen molar-refractivity contribution in [3.8, 4) is 11.5 Å². The van der Waals surface area contributed by atoms with Gasteiger partial charge in [-0.25, -0.2) is 0 Å². The molecule has 0 saturated heterocycles. The second-order valence-electron chi connectivity index (χ2n) is 2.64. The number of rotatable bonds is 4. The van der Waals surface area contributed by atoms with Gasteiger partial charge in [-0.2, -0.15) is 0 Å². The van der Waals surface area contributed by atoms with E-state index in [0.717, 1.165) is 12.2 Å². The number of methoxy groups -OCH3 is 1. The highest BCUT2D eigenvalue weighted by Crippen LogP contribution is 2.28. The fourth-order valence-electron chi connectivity index (χ4n) is 0.950. The van der Waals surface area contributed by atoms with Gasteiger partial charge in [-0.05, 0) is 18.6 Å². The van der Waals surface area contributed by atoms with Crippen LogP contribution in [-0.4, -0.2) is 13.7 Å². The van der Waals surface area contributed by atoms with Crippen LogP contribution in [0.2, 0.25) is 5.02 Å². The molecular formula is C10H13ClO2. The molecule has 0 bridgehead atoms. The second-order valence-corrected chi connectivity index (χ2v) is 3.05. The van der Waals surface area contributed by atoms with Gasteiger partial charge >= 0.3 is 0 Å². The molecule has 0 atom stereocenters. The molecule has 1 rings (SSSR count). The number of halogens is 1. The molecule has 0 radical (unpaired) electrons. The van der Waals surface area contributed by atoms with Crippen LogP contribution in [0.25, 0.3) is 0 Å². The fourth-order valence-corrected chi connectivity index (χ4v) is 1.14. The van der Waals surface area contributed by atoms with Gasteiger partial charge in [0.2, 0.25) is 0 Å². The summed E-state index contributed by atoms with van der Waals surface area (Å²) in [4.78, 5) is 0. The monoisotopic (exact) mass is 200 g/mol. The average molecular weight is 201 g/mol. The van der Waals surface area contributed by atoms with E-state index in [2.05, 4.69) is 6.92 Å². The Labute approximate surface area is 83.4 Å². The van der Waals surface area contributed by atoms with Crippen molar-refractivity contribution in [1.29, 1.82) is 0 Å². The topological polar surface area (TPSA) is 18.5 Å². The molecule has 72 valence electrons. The maximum absolute atomic E-state index is 5.85. The van der Waals surface area contributed by atoms with E-state index in [-0.39, 0.29) is 0 Å². The van der Waals surface area contributed by atoms with Gasteiger partial charge in [0.25, 0.3) is 0 Å². The van der Waals surface area contributed by atoms with E-state index in [0.29, 0.717) is 17.4 Å². The molecule has 0 aliphatic carbocycles. The number of hydrogen-bond donors (Lipinski definition) is 0. The number of hydrogen-bond acceptors (Lipinski definition) is 2. The standard InChI is InChI=1S/C10H13ClO2/c1-3-6-13-8-4-5-9(11)10(7-8)12-2/h4-5,7H,3,6H2,1-2H3. The van der Waals surface area contributed by atoms with Crippen molar-refractivity contribution >= 4 is 11.6 Å². The third-order valence-corrected chi connectivity index (χ3v) is 1.91. The van der Waals surface area contributed by atoms with Gasteiger partial charge in [-0.1, -0.05) is 18.5 Å². The molecule has 0 aliphatic heterocycles. The van der Waals surface area contributed by atoms with Crippen LogP contribution in [0.3, 0.4) is 0 Å². The minimum absolute atomic E-state index is 0.603. The lowest BCUT2D eigenvalue weighted by molar-refractivity contribution is 0.314. The first kappa shape index (κ1) is 10.2. The predicted octanol–water partition coefficient (Wildman–Crippen LogP) is 3.14. The van der Waals surface area contributed by atoms with Crippen LogP contribution in [0.4, 0.5) is 0 Å². The van der Waals surface area contributed by atoms with Crippen molar-refractivity contribution in [3.63, 3.8) is 0 Å². The Morgan fingerprint density at radius 1 is 1.38 bits per heavy atom. The Morgan fingerprint density at radius 2 is 2.15 bits per heavy atom. The highest BCUT2D eigenvalue weighted by atomic mass is 35.5. The van der Waals surface area contributed by atoms with Crippen molar-refractivity contribution in [2.75, 3.05) is 13.7 Å². The lowest BCUT2D eigenvalue weighted by Crippen LogP contribution is -1.95. The van der Waals surface area contributed by atoms with Gasteiger partial charge in [0.05, 0.1) is 18.7 Å². The summed E-state index contributed by atoms with van der Waals surface area (Å²) in [6, 6.07) is 5.39. The molecule has 13 heavy (non-hydrogen) atoms. The summed E-state index contributed by atoms with van der Waals surface area (Å²) in [6.45, 7) is 2.78. The maximum Gasteiger partial charge on any atom is 0.141 e. The smallest absolute Gasteiger partial charge is 0.141 e. The van der Waals surface area contributed by atoms with Crippen LogP contribution < -0.4 is 9.47 Å². The quantitative estimate of drug-likeness (QED) is 0.744. The van der Waals surface area contributed by atoms with Crippen molar-refractivity contribution in [1.82, 2.24) is 0 Å². The van der Waals surface area contributed by atoms with Crippen LogP contribution >= 0.6 is 11.6 Å². The summed E-state index contributed by atoms with van der Waals surface area (Å²) in [5.74, 6) is 1.44. The van der Waals surface area contributed by atoms with Crippen LogP contribution in [0.15, 0.2) is 18.2 Å². The summed E-state index contributed by atoms with van der Waals surface area (Å²) in [7, 11) is 1.59. The van der Waals surface area contributed by atoms with Crippen molar-refractivity contribution in [2.24, 2.45) is 0 Å². The molecule has 0 N–H and O–H groups in total. The zero-order valence-corrected chi connectivity index (χ0v) is 8.60. The lowest BCUT2D eigenvalue weighted by Gasteiger charge is -2.07. The Balaban J connectivity index is 2.74. The zero-order chi connectivity index (χ0) is 9.68. The first-order chi connectivity index (χ1) is 6.27. The van der Waals surface area contributed by atoms with Crippen LogP contribution in [0, 0.1) is 0 Å². The van der Waals surface area contributed by atoms with E-state index in [9.17, 15) is 0 Å². The third-order valence-electron chi connectivity index (χ3n) is 1.60. The third kappa shape index (κ3) is 2.81. The van der Waals surface area contributed by atoms with Gasteiger partial charge < -0.3 is 9.47 Å². The Bertz CT molecular complexity index is 274. The molecular weight excluding hydrogens is 188 g/mol. The van der Waals surface area contributed by atoms with E-state index < -0.39 is 0 Å². The normalized spacial score (nSPS) is 9.77. The molecule has 0 aromatic heterocycles. The molecule has 3 heteroatoms. The number of benzene rings is 1. The SMILES string of the molecule is CCCOc1ccc(Cl)c(OC)c1. The highest BCUT2D eigenvalue weighted by Gasteiger charge is 2.01. The molecule has 0 heterocycles. The van der Waals surface area contributed by atoms with Gasteiger partial charge in [0.1, 0.15) is 11.5 Å². The first-order valence-corrected chi connectivity index (χ1v) is 4.62. The zero-order valence-electron chi connectivity index (χ0n) is 7.84. The maximum atomic E-state index is 5.85. The Kier molecular flexibility index (Phi) is 3.90. The van der Waals surface area contributed by atoms with Crippen molar-refractivity contribution in [3.05, 3.63) is 23.2 Å². The predicted molar refractivity (Wildman–Crippen MR) is 53.8 cm³/mol. The van der Waals surface area contributed by atoms with Gasteiger partial charge in [-0.15, -0.1) is 0 Å². The Morgan fingerprint density at radius 3 is 2.77 bits per heavy atom. The van der Waals surface area contributed by atoms with Gasteiger partial charge in [0.15, 0.2) is 0 Å². The molecule has 0 aliphatic rings. The van der Waals surface area contributed by atoms with Crippen LogP contribution in [-0.2, 0) is 0 Å². The summed E-state index contributed by atoms with van der Waals surface area (Å²) < 4.78 is 10.5. The summed E-state index contributed by atoms with van der Waals surface area (Å²) in [6.07, 6.45) is 0.991. The van der Waals surface area contributed by atoms with E-state index >= 15 is 0 Å². The van der Waals surface area contributed by atoms with Gasteiger partial charge in [-0.3, -0.25) is 0 Å². The van der Waals surface area contributed by atoms with Gasteiger partial charge in [0, 0.05) is 6.07 Å². The van der Waals surface area contributed by atoms with Crippen molar-refractivity contribution in [2.45, 2.75) is 13.3 Å². The molecule has 0 saturated carbocycles. The molecule has 1 aromatic carbocycles. The minimum atomic E-state index is 0.603. The molecule has 0 fully saturated rings. The summed E-state index contributed by atoms with van der Waals surface area (Å²) >= 11 is 5.85. The lowest BCUT2D eigenvalue weighted by atomic mass is 10.3. The fraction of sp³-hybridized carbons (Fsp3) is 0.400. The molecule has 0 amide bonds. The van der Waals surface area contributed by atoms with Crippen LogP contribution in [0.1, 0.15) is 13.3 Å². The molecule has 0 spiro atoms. The molecule has 1 aromatic rings. The van der Waals surface area contributed by atoms with Crippen LogP contribution in [0.5, 0.6) is 11.5 Å². The minimum Gasteiger partial charge on any atom is -0.495 e. The summed E-state index contributed by atoms with van der Waals surface area (Å²) in [5, 5.41) is 0.603. The van der Waals surface area contributed by atoms with Crippen molar-refractivity contribution < 1.29 is 9.47 Å². The van der Waals surface area contributed by atoms with E-state index in [1.165, 1.54) is 0 Å². The van der Waals surface area contributed by atoms with E-state index in [1.54, 1.807) is 19.2 Å². The average Bonchev–Trinajstić information content (AvgIpc) is 2.16. The summed E-state index contributed by atoms with van der Waals surface area (Å²) in [5.41, 5.74) is 0. The number of ether oxygens (including phenoxy) is 2. The molecule has 2 nitrogen and oxygen atoms in total. The largest absolute Gasteiger partial charge is 0.495 e. The molecule has 0 unspecified atom stereocenters. The second kappa shape index (κ2) is 4.97. The highest BCUT2D eigenvalue weighted by molar-refractivity contribution is 6.32. The van der Waals surface area contributed by atoms with E-state index in [1.807, 2.05) is 6.07 Å². The first-order valence-electron chi connectivity index (χ1n) is 4.24. The van der Waals surface area contributed by atoms with E-state index in [4.69, 9.17) is 21.1 Å². The Hall–Kier alpha value is -0.890.